The molecule has 0 bridgehead atoms. The first-order chi connectivity index (χ1) is 17.1. The number of nitrogens with zero attached hydrogens (tertiary/aromatic N) is 1. The van der Waals surface area contributed by atoms with Gasteiger partial charge in [0.05, 0.1) is 0 Å². The molecule has 0 aromatic heterocycles. The third-order valence-corrected chi connectivity index (χ3v) is 11.1. The number of fused-ring (bicyclic) bond motifs is 1. The van der Waals surface area contributed by atoms with Crippen LogP contribution in [-0.2, 0) is 9.53 Å². The summed E-state index contributed by atoms with van der Waals surface area (Å²) < 4.78 is 5.66. The maximum absolute atomic E-state index is 11.9. The summed E-state index contributed by atoms with van der Waals surface area (Å²) in [7, 11) is 0. The summed E-state index contributed by atoms with van der Waals surface area (Å²) in [5.41, 5.74) is 0.532. The van der Waals surface area contributed by atoms with Crippen molar-refractivity contribution in [1.82, 2.24) is 4.90 Å². The number of carbonyl (C=O) groups is 1. The van der Waals surface area contributed by atoms with Gasteiger partial charge in [0.25, 0.3) is 0 Å². The molecule has 5 fully saturated rings. The molecule has 5 rings (SSSR count). The van der Waals surface area contributed by atoms with Crippen molar-refractivity contribution in [3.05, 3.63) is 12.2 Å². The fourth-order valence-electron chi connectivity index (χ4n) is 9.19. The van der Waals surface area contributed by atoms with Crippen molar-refractivity contribution in [1.29, 1.82) is 0 Å². The number of rotatable bonds is 6. The Morgan fingerprint density at radius 2 is 1.09 bits per heavy atom. The maximum Gasteiger partial charge on any atom is 0.333 e. The van der Waals surface area contributed by atoms with Crippen LogP contribution in [0.4, 0.5) is 0 Å². The number of hydrogen-bond donors (Lipinski definition) is 0. The van der Waals surface area contributed by atoms with Gasteiger partial charge in [-0.25, -0.2) is 4.79 Å². The molecule has 0 N–H and O–H groups in total. The molecule has 5 aliphatic carbocycles. The molecule has 0 amide bonds. The Bertz CT molecular complexity index is 696. The van der Waals surface area contributed by atoms with E-state index in [-0.39, 0.29) is 12.1 Å². The number of carbonyl (C=O) groups excluding carboxylic acids is 1. The predicted molar refractivity (Wildman–Crippen MR) is 144 cm³/mol. The standard InChI is InChI=1S/C32H53NO2/c1-23(2)32(34)35-31-20-15-26(16-21-31)25-12-17-29(18-13-25)33(28-10-4-3-5-11-28)30-19-14-24-8-6-7-9-27(24)22-30/h24-31H,1,3-22H2,2H3. The van der Waals surface area contributed by atoms with Crippen molar-refractivity contribution in [3.63, 3.8) is 0 Å². The molecule has 3 nitrogen and oxygen atoms in total. The lowest BCUT2D eigenvalue weighted by molar-refractivity contribution is -0.146. The van der Waals surface area contributed by atoms with Gasteiger partial charge >= 0.3 is 5.97 Å². The van der Waals surface area contributed by atoms with Crippen LogP contribution in [0.25, 0.3) is 0 Å². The van der Waals surface area contributed by atoms with E-state index >= 15 is 0 Å². The van der Waals surface area contributed by atoms with Crippen LogP contribution in [0.3, 0.4) is 0 Å². The minimum Gasteiger partial charge on any atom is -0.459 e. The van der Waals surface area contributed by atoms with E-state index in [0.717, 1.165) is 54.6 Å². The third-order valence-electron chi connectivity index (χ3n) is 11.1. The lowest BCUT2D eigenvalue weighted by atomic mass is 9.68. The van der Waals surface area contributed by atoms with Crippen LogP contribution in [0.1, 0.15) is 135 Å². The average Bonchev–Trinajstić information content (AvgIpc) is 2.90. The van der Waals surface area contributed by atoms with E-state index in [1.165, 1.54) is 116 Å². The Labute approximate surface area is 215 Å². The molecule has 35 heavy (non-hydrogen) atoms. The molecular weight excluding hydrogens is 430 g/mol. The second kappa shape index (κ2) is 12.1. The van der Waals surface area contributed by atoms with Crippen molar-refractivity contribution in [3.8, 4) is 0 Å². The topological polar surface area (TPSA) is 29.5 Å². The van der Waals surface area contributed by atoms with Crippen LogP contribution >= 0.6 is 0 Å². The fraction of sp³-hybridized carbons (Fsp3) is 0.906. The fourth-order valence-corrected chi connectivity index (χ4v) is 9.19. The Kier molecular flexibility index (Phi) is 8.95. The van der Waals surface area contributed by atoms with Gasteiger partial charge in [-0.2, -0.15) is 0 Å². The molecule has 0 spiro atoms. The van der Waals surface area contributed by atoms with Gasteiger partial charge in [-0.3, -0.25) is 4.90 Å². The van der Waals surface area contributed by atoms with Crippen LogP contribution in [0.15, 0.2) is 12.2 Å². The van der Waals surface area contributed by atoms with Gasteiger partial charge in [-0.15, -0.1) is 0 Å². The van der Waals surface area contributed by atoms with Gasteiger partial charge in [-0.05, 0) is 114 Å². The average molecular weight is 484 g/mol. The summed E-state index contributed by atoms with van der Waals surface area (Å²) in [5.74, 6) is 3.68. The van der Waals surface area contributed by atoms with Crippen molar-refractivity contribution >= 4 is 5.97 Å². The van der Waals surface area contributed by atoms with E-state index in [2.05, 4.69) is 11.5 Å². The smallest absolute Gasteiger partial charge is 0.333 e. The molecule has 0 aromatic rings. The highest BCUT2D eigenvalue weighted by atomic mass is 16.5. The molecule has 0 radical (unpaired) electrons. The molecule has 5 aliphatic rings. The zero-order valence-corrected chi connectivity index (χ0v) is 22.7. The molecule has 0 aliphatic heterocycles. The van der Waals surface area contributed by atoms with Crippen molar-refractivity contribution < 1.29 is 9.53 Å². The van der Waals surface area contributed by atoms with Crippen molar-refractivity contribution in [2.75, 3.05) is 0 Å². The van der Waals surface area contributed by atoms with Crippen LogP contribution in [0.2, 0.25) is 0 Å². The number of hydrogen-bond acceptors (Lipinski definition) is 3. The summed E-state index contributed by atoms with van der Waals surface area (Å²) in [5, 5.41) is 0. The molecule has 0 heterocycles. The van der Waals surface area contributed by atoms with Gasteiger partial charge in [0.2, 0.25) is 0 Å². The molecule has 3 heteroatoms. The highest BCUT2D eigenvalue weighted by Crippen LogP contribution is 2.46. The molecule has 0 aromatic carbocycles. The lowest BCUT2D eigenvalue weighted by Gasteiger charge is -2.51. The minimum atomic E-state index is -0.195. The van der Waals surface area contributed by atoms with E-state index in [0.29, 0.717) is 5.57 Å². The largest absolute Gasteiger partial charge is 0.459 e. The molecule has 5 saturated carbocycles. The van der Waals surface area contributed by atoms with E-state index in [4.69, 9.17) is 4.74 Å². The Morgan fingerprint density at radius 1 is 0.600 bits per heavy atom. The van der Waals surface area contributed by atoms with Crippen LogP contribution in [-0.4, -0.2) is 35.1 Å². The molecular formula is C32H53NO2. The second-order valence-electron chi connectivity index (χ2n) is 13.3. The Balaban J connectivity index is 1.15. The predicted octanol–water partition coefficient (Wildman–Crippen LogP) is 8.22. The monoisotopic (exact) mass is 483 g/mol. The first-order valence-corrected chi connectivity index (χ1v) is 15.7. The van der Waals surface area contributed by atoms with Gasteiger partial charge in [0.1, 0.15) is 6.10 Å². The minimum absolute atomic E-state index is 0.128. The van der Waals surface area contributed by atoms with Gasteiger partial charge in [-0.1, -0.05) is 51.5 Å². The zero-order valence-electron chi connectivity index (χ0n) is 22.7. The molecule has 0 saturated heterocycles. The molecule has 3 atom stereocenters. The highest BCUT2D eigenvalue weighted by Gasteiger charge is 2.41. The highest BCUT2D eigenvalue weighted by molar-refractivity contribution is 5.87. The third kappa shape index (κ3) is 6.36. The van der Waals surface area contributed by atoms with Gasteiger partial charge in [0, 0.05) is 23.7 Å². The second-order valence-corrected chi connectivity index (χ2v) is 13.3. The lowest BCUT2D eigenvalue weighted by Crippen LogP contribution is -2.53. The van der Waals surface area contributed by atoms with Crippen molar-refractivity contribution in [2.24, 2.45) is 23.7 Å². The first kappa shape index (κ1) is 25.8. The van der Waals surface area contributed by atoms with E-state index in [9.17, 15) is 4.79 Å². The zero-order chi connectivity index (χ0) is 24.2. The van der Waals surface area contributed by atoms with Crippen molar-refractivity contribution in [2.45, 2.75) is 160 Å². The summed E-state index contributed by atoms with van der Waals surface area (Å²) in [6.07, 6.45) is 28.4. The quantitative estimate of drug-likeness (QED) is 0.281. The van der Waals surface area contributed by atoms with Crippen LogP contribution in [0.5, 0.6) is 0 Å². The number of ether oxygens (including phenoxy) is 1. The maximum atomic E-state index is 11.9. The Hall–Kier alpha value is -0.830. The SMILES string of the molecule is C=C(C)C(=O)OC1CCC(C2CCC(N(C3CCCCC3)C3CCC4CCCCC4C3)CC2)CC1. The van der Waals surface area contributed by atoms with Gasteiger partial charge in [0.15, 0.2) is 0 Å². The van der Waals surface area contributed by atoms with Crippen LogP contribution in [0, 0.1) is 23.7 Å². The van der Waals surface area contributed by atoms with E-state index < -0.39 is 0 Å². The summed E-state index contributed by atoms with van der Waals surface area (Å²) in [4.78, 5) is 15.1. The normalized spacial score (nSPS) is 39.1. The Morgan fingerprint density at radius 3 is 1.71 bits per heavy atom. The number of esters is 1. The summed E-state index contributed by atoms with van der Waals surface area (Å²) in [6, 6.07) is 2.62. The van der Waals surface area contributed by atoms with Crippen LogP contribution < -0.4 is 0 Å². The van der Waals surface area contributed by atoms with E-state index in [1.807, 2.05) is 0 Å². The van der Waals surface area contributed by atoms with E-state index in [1.54, 1.807) is 6.92 Å². The first-order valence-electron chi connectivity index (χ1n) is 15.7. The molecule has 198 valence electrons. The van der Waals surface area contributed by atoms with Gasteiger partial charge < -0.3 is 4.74 Å². The summed E-state index contributed by atoms with van der Waals surface area (Å²) in [6.45, 7) is 5.49. The summed E-state index contributed by atoms with van der Waals surface area (Å²) >= 11 is 0. The molecule has 3 unspecified atom stereocenters.